The number of halogens is 3. The molecule has 1 atom stereocenters. The Kier molecular flexibility index (Phi) is 6.23. The maximum Gasteiger partial charge on any atom is 0.416 e. The van der Waals surface area contributed by atoms with Gasteiger partial charge in [-0.05, 0) is 44.4 Å². The third-order valence-corrected chi connectivity index (χ3v) is 6.57. The minimum atomic E-state index is -4.81. The number of Topliss-reactive ketones (excluding diaryl/α,β-unsaturated/α-hetero) is 1. The molecule has 1 aliphatic carbocycles. The molecule has 1 aromatic heterocycles. The Morgan fingerprint density at radius 2 is 2.00 bits per heavy atom. The van der Waals surface area contributed by atoms with Gasteiger partial charge in [0.2, 0.25) is 0 Å². The lowest BCUT2D eigenvalue weighted by Crippen LogP contribution is -2.30. The first-order valence-corrected chi connectivity index (χ1v) is 11.0. The average Bonchev–Trinajstić information content (AvgIpc) is 3.08. The van der Waals surface area contributed by atoms with Crippen molar-refractivity contribution in [2.45, 2.75) is 49.8 Å². The van der Waals surface area contributed by atoms with Crippen LogP contribution in [0, 0.1) is 0 Å². The number of carboxylic acid groups (broad SMARTS) is 1. The van der Waals surface area contributed by atoms with Gasteiger partial charge in [0.25, 0.3) is 0 Å². The molecular weight excluding hydrogens is 439 g/mol. The fourth-order valence-corrected chi connectivity index (χ4v) is 4.73. The van der Waals surface area contributed by atoms with Gasteiger partial charge in [0.05, 0.1) is 16.7 Å². The van der Waals surface area contributed by atoms with Crippen molar-refractivity contribution in [1.29, 1.82) is 0 Å². The van der Waals surface area contributed by atoms with Crippen LogP contribution in [0.5, 0.6) is 0 Å². The molecule has 0 radical (unpaired) electrons. The van der Waals surface area contributed by atoms with Gasteiger partial charge >= 0.3 is 12.1 Å². The van der Waals surface area contributed by atoms with Crippen LogP contribution >= 0.6 is 0 Å². The number of hydrogen-bond acceptors (Lipinski definition) is 6. The molecule has 31 heavy (non-hydrogen) atoms. The Bertz CT molecular complexity index is 1130. The highest BCUT2D eigenvalue weighted by molar-refractivity contribution is 7.91. The lowest BCUT2D eigenvalue weighted by atomic mass is 9.93. The number of hydrogen-bond donors (Lipinski definition) is 2. The number of nitrogens with zero attached hydrogens (tertiary/aromatic N) is 2. The second kappa shape index (κ2) is 8.42. The van der Waals surface area contributed by atoms with Gasteiger partial charge in [-0.1, -0.05) is 0 Å². The van der Waals surface area contributed by atoms with E-state index in [2.05, 4.69) is 10.4 Å². The van der Waals surface area contributed by atoms with Gasteiger partial charge in [0, 0.05) is 22.9 Å². The fourth-order valence-electron chi connectivity index (χ4n) is 3.53. The Morgan fingerprint density at radius 1 is 1.29 bits per heavy atom. The summed E-state index contributed by atoms with van der Waals surface area (Å²) in [4.78, 5) is 22.0. The Hall–Kier alpha value is -2.73. The van der Waals surface area contributed by atoms with Gasteiger partial charge in [0.15, 0.2) is 15.6 Å². The van der Waals surface area contributed by atoms with Crippen molar-refractivity contribution in [1.82, 2.24) is 15.1 Å². The molecule has 1 aliphatic rings. The third-order valence-electron chi connectivity index (χ3n) is 5.07. The molecule has 8 nitrogen and oxygen atoms in total. The summed E-state index contributed by atoms with van der Waals surface area (Å²) in [6, 6.07) is 1.63. The van der Waals surface area contributed by atoms with Crippen molar-refractivity contribution in [2.24, 2.45) is 0 Å². The predicted octanol–water partition coefficient (Wildman–Crippen LogP) is 2.59. The number of fused-ring (bicyclic) bond motifs is 1. The first-order valence-electron chi connectivity index (χ1n) is 9.34. The molecule has 2 aromatic rings. The number of aromatic nitrogens is 2. The van der Waals surface area contributed by atoms with E-state index >= 15 is 0 Å². The Morgan fingerprint density at radius 3 is 2.61 bits per heavy atom. The van der Waals surface area contributed by atoms with E-state index in [9.17, 15) is 31.2 Å². The number of alkyl halides is 3. The molecule has 3 rings (SSSR count). The lowest BCUT2D eigenvalue weighted by molar-refractivity contribution is -0.138. The SMILES string of the molecule is CC(=O)c1cc(C(F)(F)F)cc(S(=O)(=O)CN[C@@H]2CCCc3c2cnn3CC(=O)O)c1. The topological polar surface area (TPSA) is 118 Å². The van der Waals surface area contributed by atoms with Crippen molar-refractivity contribution >= 4 is 21.6 Å². The third kappa shape index (κ3) is 5.13. The van der Waals surface area contributed by atoms with E-state index in [4.69, 9.17) is 5.11 Å². The molecule has 0 bridgehead atoms. The van der Waals surface area contributed by atoms with E-state index in [0.29, 0.717) is 42.7 Å². The van der Waals surface area contributed by atoms with Crippen molar-refractivity contribution < 1.29 is 36.3 Å². The summed E-state index contributed by atoms with van der Waals surface area (Å²) in [6.45, 7) is 0.737. The second-order valence-electron chi connectivity index (χ2n) is 7.31. The molecule has 0 amide bonds. The normalized spacial score (nSPS) is 16.7. The first-order chi connectivity index (χ1) is 14.4. The molecular formula is C19H20F3N3O5S. The standard InChI is InChI=1S/C19H20F3N3O5S/c1-11(26)12-5-13(19(20,21)22)7-14(6-12)31(29,30)10-23-16-3-2-4-17-15(16)8-24-25(17)9-18(27)28/h5-8,16,23H,2-4,9-10H2,1H3,(H,27,28)/t16-/m1/s1. The zero-order valence-corrected chi connectivity index (χ0v) is 17.3. The molecule has 0 aliphatic heterocycles. The molecule has 0 fully saturated rings. The molecule has 168 valence electrons. The summed E-state index contributed by atoms with van der Waals surface area (Å²) in [5.41, 5.74) is -0.213. The maximum atomic E-state index is 13.2. The largest absolute Gasteiger partial charge is 0.480 e. The molecule has 1 heterocycles. The van der Waals surface area contributed by atoms with Crippen LogP contribution in [0.4, 0.5) is 13.2 Å². The van der Waals surface area contributed by atoms with Crippen molar-refractivity contribution in [3.05, 3.63) is 46.8 Å². The summed E-state index contributed by atoms with van der Waals surface area (Å²) >= 11 is 0. The smallest absolute Gasteiger partial charge is 0.416 e. The van der Waals surface area contributed by atoms with Gasteiger partial charge in [0.1, 0.15) is 12.4 Å². The van der Waals surface area contributed by atoms with E-state index in [1.54, 1.807) is 0 Å². The van der Waals surface area contributed by atoms with Gasteiger partial charge in [-0.3, -0.25) is 19.6 Å². The Balaban J connectivity index is 1.85. The Labute approximate surface area is 176 Å². The molecule has 0 saturated carbocycles. The number of nitrogens with one attached hydrogen (secondary N) is 1. The van der Waals surface area contributed by atoms with Crippen LogP contribution in [0.1, 0.15) is 53.0 Å². The summed E-state index contributed by atoms with van der Waals surface area (Å²) < 4.78 is 66.3. The van der Waals surface area contributed by atoms with Crippen molar-refractivity contribution in [3.63, 3.8) is 0 Å². The van der Waals surface area contributed by atoms with Gasteiger partial charge in [-0.2, -0.15) is 18.3 Å². The number of aliphatic carboxylic acids is 1. The van der Waals surface area contributed by atoms with Gasteiger partial charge in [-0.15, -0.1) is 0 Å². The number of sulfone groups is 1. The highest BCUT2D eigenvalue weighted by atomic mass is 32.2. The van der Waals surface area contributed by atoms with E-state index in [0.717, 1.165) is 13.0 Å². The average molecular weight is 459 g/mol. The second-order valence-corrected chi connectivity index (χ2v) is 9.30. The van der Waals surface area contributed by atoms with Crippen LogP contribution in [0.25, 0.3) is 0 Å². The van der Waals surface area contributed by atoms with Crippen LogP contribution in [0.2, 0.25) is 0 Å². The highest BCUT2D eigenvalue weighted by Gasteiger charge is 2.33. The monoisotopic (exact) mass is 459 g/mol. The summed E-state index contributed by atoms with van der Waals surface area (Å²) in [7, 11) is -4.20. The quantitative estimate of drug-likeness (QED) is 0.611. The number of carbonyl (C=O) groups is 2. The number of carboxylic acids is 1. The van der Waals surface area contributed by atoms with Crippen LogP contribution in [-0.4, -0.2) is 40.9 Å². The van der Waals surface area contributed by atoms with E-state index in [1.807, 2.05) is 0 Å². The fraction of sp³-hybridized carbons (Fsp3) is 0.421. The van der Waals surface area contributed by atoms with Crippen LogP contribution in [-0.2, 0) is 33.8 Å². The zero-order valence-electron chi connectivity index (χ0n) is 16.4. The van der Waals surface area contributed by atoms with E-state index < -0.39 is 50.1 Å². The predicted molar refractivity (Wildman–Crippen MR) is 102 cm³/mol. The molecule has 1 aromatic carbocycles. The van der Waals surface area contributed by atoms with Gasteiger partial charge in [-0.25, -0.2) is 8.42 Å². The highest BCUT2D eigenvalue weighted by Crippen LogP contribution is 2.33. The minimum Gasteiger partial charge on any atom is -0.480 e. The molecule has 0 unspecified atom stereocenters. The summed E-state index contributed by atoms with van der Waals surface area (Å²) in [6.07, 6.45) is -1.53. The summed E-state index contributed by atoms with van der Waals surface area (Å²) in [5.74, 6) is -2.40. The number of ketones is 1. The zero-order chi connectivity index (χ0) is 23.0. The first kappa shape index (κ1) is 22.9. The van der Waals surface area contributed by atoms with E-state index in [-0.39, 0.29) is 12.1 Å². The molecule has 0 spiro atoms. The lowest BCUT2D eigenvalue weighted by Gasteiger charge is -2.24. The summed E-state index contributed by atoms with van der Waals surface area (Å²) in [5, 5.41) is 15.8. The van der Waals surface area contributed by atoms with Gasteiger partial charge < -0.3 is 5.11 Å². The molecule has 2 N–H and O–H groups in total. The van der Waals surface area contributed by atoms with Crippen LogP contribution in [0.3, 0.4) is 0 Å². The van der Waals surface area contributed by atoms with Crippen molar-refractivity contribution in [3.8, 4) is 0 Å². The number of benzene rings is 1. The number of rotatable bonds is 7. The maximum absolute atomic E-state index is 13.2. The molecule has 12 heteroatoms. The minimum absolute atomic E-state index is 0.321. The van der Waals surface area contributed by atoms with Crippen LogP contribution < -0.4 is 5.32 Å². The number of carbonyl (C=O) groups excluding carboxylic acids is 1. The molecule has 0 saturated heterocycles. The van der Waals surface area contributed by atoms with Crippen LogP contribution in [0.15, 0.2) is 29.3 Å². The van der Waals surface area contributed by atoms with Crippen molar-refractivity contribution in [2.75, 3.05) is 5.88 Å². The van der Waals surface area contributed by atoms with E-state index in [1.165, 1.54) is 10.9 Å².